The zero-order valence-electron chi connectivity index (χ0n) is 9.62. The summed E-state index contributed by atoms with van der Waals surface area (Å²) < 4.78 is 1.18. The minimum absolute atomic E-state index is 0.250. The van der Waals surface area contributed by atoms with Gasteiger partial charge < -0.3 is 5.11 Å². The lowest BCUT2D eigenvalue weighted by Crippen LogP contribution is -2.28. The van der Waals surface area contributed by atoms with Gasteiger partial charge in [0.15, 0.2) is 0 Å². The fraction of sp³-hybridized carbons (Fsp3) is 0.538. The normalized spacial score (nSPS) is 15.8. The van der Waals surface area contributed by atoms with E-state index in [2.05, 4.69) is 46.0 Å². The van der Waals surface area contributed by atoms with Gasteiger partial charge in [0.2, 0.25) is 0 Å². The van der Waals surface area contributed by atoms with Crippen molar-refractivity contribution in [2.75, 3.05) is 13.2 Å². The Kier molecular flexibility index (Phi) is 4.00. The molecular formula is C13H18BrNO. The van der Waals surface area contributed by atoms with Gasteiger partial charge in [0, 0.05) is 23.6 Å². The van der Waals surface area contributed by atoms with Crippen LogP contribution >= 0.6 is 15.9 Å². The molecule has 1 fully saturated rings. The number of benzene rings is 1. The third-order valence-corrected chi connectivity index (χ3v) is 3.77. The van der Waals surface area contributed by atoms with Crippen molar-refractivity contribution in [3.05, 3.63) is 33.8 Å². The highest BCUT2D eigenvalue weighted by molar-refractivity contribution is 9.10. The summed E-state index contributed by atoms with van der Waals surface area (Å²) in [4.78, 5) is 2.37. The smallest absolute Gasteiger partial charge is 0.0558 e. The van der Waals surface area contributed by atoms with E-state index >= 15 is 0 Å². The molecule has 0 aliphatic heterocycles. The van der Waals surface area contributed by atoms with Crippen molar-refractivity contribution in [2.24, 2.45) is 0 Å². The van der Waals surface area contributed by atoms with Crippen molar-refractivity contribution in [1.82, 2.24) is 4.90 Å². The number of rotatable bonds is 5. The molecule has 0 bridgehead atoms. The predicted molar refractivity (Wildman–Crippen MR) is 69.4 cm³/mol. The first-order valence-corrected chi connectivity index (χ1v) is 6.60. The highest BCUT2D eigenvalue weighted by Gasteiger charge is 2.28. The van der Waals surface area contributed by atoms with Crippen LogP contribution in [0.25, 0.3) is 0 Å². The minimum atomic E-state index is 0.250. The summed E-state index contributed by atoms with van der Waals surface area (Å²) in [6, 6.07) is 7.16. The molecule has 0 radical (unpaired) electrons. The van der Waals surface area contributed by atoms with E-state index in [1.807, 2.05) is 0 Å². The van der Waals surface area contributed by atoms with Gasteiger partial charge in [-0.25, -0.2) is 0 Å². The monoisotopic (exact) mass is 283 g/mol. The Balaban J connectivity index is 2.05. The van der Waals surface area contributed by atoms with Crippen LogP contribution in [0.1, 0.15) is 24.0 Å². The third-order valence-electron chi connectivity index (χ3n) is 3.03. The van der Waals surface area contributed by atoms with Crippen LogP contribution in [0.3, 0.4) is 0 Å². The second-order valence-electron chi connectivity index (χ2n) is 4.52. The lowest BCUT2D eigenvalue weighted by atomic mass is 10.1. The first kappa shape index (κ1) is 12.1. The Hall–Kier alpha value is -0.380. The molecule has 1 aliphatic rings. The highest BCUT2D eigenvalue weighted by atomic mass is 79.9. The van der Waals surface area contributed by atoms with E-state index in [-0.39, 0.29) is 6.61 Å². The molecule has 1 aromatic carbocycles. The third kappa shape index (κ3) is 3.06. The summed E-state index contributed by atoms with van der Waals surface area (Å²) >= 11 is 3.61. The molecule has 0 amide bonds. The van der Waals surface area contributed by atoms with Gasteiger partial charge in [-0.05, 0) is 37.0 Å². The van der Waals surface area contributed by atoms with Gasteiger partial charge in [-0.15, -0.1) is 0 Å². The van der Waals surface area contributed by atoms with E-state index in [4.69, 9.17) is 5.11 Å². The first-order chi connectivity index (χ1) is 7.70. The summed E-state index contributed by atoms with van der Waals surface area (Å²) in [7, 11) is 0. The van der Waals surface area contributed by atoms with E-state index in [1.54, 1.807) is 0 Å². The molecule has 1 aliphatic carbocycles. The average molecular weight is 284 g/mol. The zero-order chi connectivity index (χ0) is 11.5. The fourth-order valence-electron chi connectivity index (χ4n) is 1.96. The maximum Gasteiger partial charge on any atom is 0.0558 e. The lowest BCUT2D eigenvalue weighted by molar-refractivity contribution is 0.183. The molecule has 16 heavy (non-hydrogen) atoms. The van der Waals surface area contributed by atoms with E-state index in [1.165, 1.54) is 28.4 Å². The van der Waals surface area contributed by atoms with Crippen molar-refractivity contribution in [3.63, 3.8) is 0 Å². The predicted octanol–water partition coefficient (Wildman–Crippen LogP) is 2.71. The Labute approximate surface area is 105 Å². The van der Waals surface area contributed by atoms with Crippen LogP contribution in [-0.4, -0.2) is 29.2 Å². The van der Waals surface area contributed by atoms with Crippen LogP contribution < -0.4 is 0 Å². The van der Waals surface area contributed by atoms with Gasteiger partial charge >= 0.3 is 0 Å². The fourth-order valence-corrected chi connectivity index (χ4v) is 2.58. The molecule has 0 unspecified atom stereocenters. The van der Waals surface area contributed by atoms with Crippen molar-refractivity contribution in [2.45, 2.75) is 32.4 Å². The van der Waals surface area contributed by atoms with E-state index < -0.39 is 0 Å². The molecule has 1 N–H and O–H groups in total. The van der Waals surface area contributed by atoms with E-state index in [9.17, 15) is 0 Å². The SMILES string of the molecule is Cc1ccc(CN(CCO)C2CC2)c(Br)c1. The van der Waals surface area contributed by atoms with Crippen molar-refractivity contribution in [3.8, 4) is 0 Å². The van der Waals surface area contributed by atoms with Crippen LogP contribution in [0.4, 0.5) is 0 Å². The first-order valence-electron chi connectivity index (χ1n) is 5.80. The van der Waals surface area contributed by atoms with Crippen LogP contribution in [0.15, 0.2) is 22.7 Å². The van der Waals surface area contributed by atoms with Gasteiger partial charge in [-0.2, -0.15) is 0 Å². The summed E-state index contributed by atoms with van der Waals surface area (Å²) in [5.74, 6) is 0. The number of aryl methyl sites for hydroxylation is 1. The second-order valence-corrected chi connectivity index (χ2v) is 5.37. The number of hydrogen-bond acceptors (Lipinski definition) is 2. The molecular weight excluding hydrogens is 266 g/mol. The van der Waals surface area contributed by atoms with Crippen molar-refractivity contribution in [1.29, 1.82) is 0 Å². The molecule has 1 aromatic rings. The van der Waals surface area contributed by atoms with Gasteiger partial charge in [0.05, 0.1) is 6.61 Å². The number of halogens is 1. The number of nitrogens with zero attached hydrogens (tertiary/aromatic N) is 1. The van der Waals surface area contributed by atoms with Gasteiger partial charge in [0.1, 0.15) is 0 Å². The molecule has 2 rings (SSSR count). The van der Waals surface area contributed by atoms with Crippen molar-refractivity contribution < 1.29 is 5.11 Å². The standard InChI is InChI=1S/C13H18BrNO/c1-10-2-3-11(13(14)8-10)9-15(6-7-16)12-4-5-12/h2-3,8,12,16H,4-7,9H2,1H3. The van der Waals surface area contributed by atoms with Crippen LogP contribution in [0.5, 0.6) is 0 Å². The molecule has 1 saturated carbocycles. The highest BCUT2D eigenvalue weighted by Crippen LogP contribution is 2.29. The molecule has 0 heterocycles. The van der Waals surface area contributed by atoms with Crippen LogP contribution in [-0.2, 0) is 6.54 Å². The van der Waals surface area contributed by atoms with Gasteiger partial charge in [0.25, 0.3) is 0 Å². The minimum Gasteiger partial charge on any atom is -0.395 e. The maximum atomic E-state index is 9.05. The maximum absolute atomic E-state index is 9.05. The Morgan fingerprint density at radius 2 is 2.19 bits per heavy atom. The molecule has 0 aromatic heterocycles. The number of aliphatic hydroxyl groups excluding tert-OH is 1. The second kappa shape index (κ2) is 5.30. The topological polar surface area (TPSA) is 23.5 Å². The lowest BCUT2D eigenvalue weighted by Gasteiger charge is -2.21. The molecule has 0 saturated heterocycles. The summed E-state index contributed by atoms with van der Waals surface area (Å²) in [6.45, 7) is 4.07. The number of hydrogen-bond donors (Lipinski definition) is 1. The van der Waals surface area contributed by atoms with Gasteiger partial charge in [-0.3, -0.25) is 4.90 Å². The molecule has 2 nitrogen and oxygen atoms in total. The summed E-state index contributed by atoms with van der Waals surface area (Å²) in [5.41, 5.74) is 2.58. The largest absolute Gasteiger partial charge is 0.395 e. The number of aliphatic hydroxyl groups is 1. The quantitative estimate of drug-likeness (QED) is 0.898. The average Bonchev–Trinajstić information content (AvgIpc) is 3.04. The van der Waals surface area contributed by atoms with E-state index in [0.29, 0.717) is 6.04 Å². The molecule has 0 atom stereocenters. The Morgan fingerprint density at radius 1 is 1.44 bits per heavy atom. The molecule has 88 valence electrons. The van der Waals surface area contributed by atoms with E-state index in [0.717, 1.165) is 13.1 Å². The molecule has 3 heteroatoms. The van der Waals surface area contributed by atoms with Crippen molar-refractivity contribution >= 4 is 15.9 Å². The van der Waals surface area contributed by atoms with Crippen LogP contribution in [0, 0.1) is 6.92 Å². The van der Waals surface area contributed by atoms with Crippen LogP contribution in [0.2, 0.25) is 0 Å². The Bertz CT molecular complexity index is 363. The summed E-state index contributed by atoms with van der Waals surface area (Å²) in [6.07, 6.45) is 2.56. The van der Waals surface area contributed by atoms with Gasteiger partial charge in [-0.1, -0.05) is 28.1 Å². The molecule has 0 spiro atoms. The Morgan fingerprint density at radius 3 is 2.75 bits per heavy atom. The zero-order valence-corrected chi connectivity index (χ0v) is 11.2. The summed E-state index contributed by atoms with van der Waals surface area (Å²) in [5, 5.41) is 9.05.